The van der Waals surface area contributed by atoms with E-state index in [1.165, 1.54) is 12.1 Å². The van der Waals surface area contributed by atoms with Crippen LogP contribution in [0.5, 0.6) is 0 Å². The first-order chi connectivity index (χ1) is 28.7. The van der Waals surface area contributed by atoms with Crippen molar-refractivity contribution in [2.24, 2.45) is 0 Å². The van der Waals surface area contributed by atoms with Crippen molar-refractivity contribution in [2.45, 2.75) is 94.9 Å². The summed E-state index contributed by atoms with van der Waals surface area (Å²) in [5, 5.41) is 89.5. The van der Waals surface area contributed by atoms with Gasteiger partial charge >= 0.3 is 47.8 Å². The molecule has 1 heterocycles. The van der Waals surface area contributed by atoms with E-state index >= 15 is 0 Å². The fourth-order valence-electron chi connectivity index (χ4n) is 2.96. The molecule has 9 N–H and O–H groups in total. The van der Waals surface area contributed by atoms with Gasteiger partial charge in [0, 0.05) is 66.2 Å². The molecule has 1 fully saturated rings. The topological polar surface area (TPSA) is 414 Å². The molecule has 1 amide bonds. The van der Waals surface area contributed by atoms with Crippen molar-refractivity contribution in [1.82, 2.24) is 5.32 Å². The van der Waals surface area contributed by atoms with Crippen LogP contribution in [-0.2, 0) is 33.6 Å². The maximum absolute atomic E-state index is 11.1. The number of benzene rings is 2. The number of aromatic carboxylic acids is 2. The zero-order valence-corrected chi connectivity index (χ0v) is 36.2. The molecular formula is C35H47N3O21S3. The Morgan fingerprint density at radius 2 is 0.887 bits per heavy atom. The first-order valence-electron chi connectivity index (χ1n) is 17.3. The first kappa shape index (κ1) is 62.2. The van der Waals surface area contributed by atoms with Crippen molar-refractivity contribution in [1.29, 1.82) is 0 Å². The normalized spacial score (nSPS) is 12.6. The van der Waals surface area contributed by atoms with E-state index < -0.39 is 85.6 Å². The van der Waals surface area contributed by atoms with E-state index in [-0.39, 0.29) is 50.2 Å². The summed E-state index contributed by atoms with van der Waals surface area (Å²) in [4.78, 5) is 111. The highest BCUT2D eigenvalue weighted by atomic mass is 33.1. The van der Waals surface area contributed by atoms with Gasteiger partial charge in [0.05, 0.1) is 9.85 Å². The number of carbonyl (C=O) groups is 9. The van der Waals surface area contributed by atoms with Gasteiger partial charge in [-0.2, -0.15) is 12.6 Å². The van der Waals surface area contributed by atoms with Crippen LogP contribution < -0.4 is 5.32 Å². The first-order valence-corrected chi connectivity index (χ1v) is 20.1. The van der Waals surface area contributed by atoms with E-state index in [4.69, 9.17) is 40.9 Å². The molecule has 0 radical (unpaired) electrons. The van der Waals surface area contributed by atoms with Gasteiger partial charge in [-0.3, -0.25) is 49.0 Å². The van der Waals surface area contributed by atoms with Crippen molar-refractivity contribution in [2.75, 3.05) is 5.75 Å². The minimum Gasteiger partial charge on any atom is -0.481 e. The number of carboxylic acids is 8. The number of hydrogen-bond donors (Lipinski definition) is 10. The summed E-state index contributed by atoms with van der Waals surface area (Å²) >= 11 is 3.89. The number of amides is 1. The van der Waals surface area contributed by atoms with Crippen LogP contribution in [-0.4, -0.2) is 116 Å². The van der Waals surface area contributed by atoms with Crippen LogP contribution in [0.15, 0.2) is 46.2 Å². The lowest BCUT2D eigenvalue weighted by molar-refractivity contribution is -0.385. The Bertz CT molecular complexity index is 1720. The van der Waals surface area contributed by atoms with Crippen LogP contribution in [0.2, 0.25) is 0 Å². The molecule has 27 heteroatoms. The highest BCUT2D eigenvalue weighted by molar-refractivity contribution is 8.76. The predicted octanol–water partition coefficient (Wildman–Crippen LogP) is 5.75. The number of nitro groups is 2. The fourth-order valence-corrected chi connectivity index (χ4v) is 5.30. The van der Waals surface area contributed by atoms with Crippen LogP contribution in [0.1, 0.15) is 100 Å². The maximum Gasteiger partial charge on any atom is 0.342 e. The molecule has 0 aromatic heterocycles. The molecule has 2 aromatic rings. The monoisotopic (exact) mass is 941 g/mol. The molecule has 24 nitrogen and oxygen atoms in total. The summed E-state index contributed by atoms with van der Waals surface area (Å²) in [6, 6.07) is 7.08. The van der Waals surface area contributed by atoms with Gasteiger partial charge < -0.3 is 46.2 Å². The summed E-state index contributed by atoms with van der Waals surface area (Å²) in [6.07, 6.45) is 1.73. The van der Waals surface area contributed by atoms with Crippen molar-refractivity contribution < 1.29 is 93.8 Å². The minimum atomic E-state index is -1.45. The zero-order valence-electron chi connectivity index (χ0n) is 33.7. The molecule has 1 aliphatic heterocycles. The third kappa shape index (κ3) is 29.7. The second-order valence-corrected chi connectivity index (χ2v) is 13.6. The molecular weight excluding hydrogens is 895 g/mol. The lowest BCUT2D eigenvalue weighted by Crippen LogP contribution is -2.50. The molecule has 1 atom stereocenters. The average Bonchev–Trinajstić information content (AvgIpc) is 3.62. The highest BCUT2D eigenvalue weighted by Crippen LogP contribution is 2.40. The molecule has 346 valence electrons. The second-order valence-electron chi connectivity index (χ2n) is 11.0. The number of nitro benzene ring substituents is 2. The van der Waals surface area contributed by atoms with Crippen LogP contribution >= 0.6 is 34.2 Å². The number of hydrogen-bond acceptors (Lipinski definition) is 16. The van der Waals surface area contributed by atoms with Crippen LogP contribution in [0.25, 0.3) is 0 Å². The van der Waals surface area contributed by atoms with Crippen LogP contribution in [0.4, 0.5) is 11.4 Å². The van der Waals surface area contributed by atoms with E-state index in [9.17, 15) is 63.4 Å². The SMILES string of the molecule is CCC(=O)O.CCC(=O)O.CCC(=O)O.CCC(=O)O.CCC(=O)O.O=C(O)c1cc(SSc2ccc([N+](=O)[O-])c(C(=O)O)c2)ccc1[N+](=O)[O-].O=C1CCC(CS)(C(=O)O)N1. The van der Waals surface area contributed by atoms with E-state index in [2.05, 4.69) is 17.9 Å². The fraction of sp³-hybridized carbons (Fsp3) is 0.400. The molecule has 2 aromatic carbocycles. The Labute approximate surface area is 365 Å². The van der Waals surface area contributed by atoms with Crippen molar-refractivity contribution >= 4 is 99.3 Å². The van der Waals surface area contributed by atoms with E-state index in [0.29, 0.717) is 16.2 Å². The molecule has 0 saturated carbocycles. The molecule has 3 rings (SSSR count). The van der Waals surface area contributed by atoms with E-state index in [0.717, 1.165) is 45.9 Å². The summed E-state index contributed by atoms with van der Waals surface area (Å²) < 4.78 is 0. The lowest BCUT2D eigenvalue weighted by Gasteiger charge is -2.20. The third-order valence-corrected chi connectivity index (χ3v) is 9.29. The quantitative estimate of drug-likeness (QED) is 0.0466. The highest BCUT2D eigenvalue weighted by Gasteiger charge is 2.43. The van der Waals surface area contributed by atoms with Gasteiger partial charge in [0.15, 0.2) is 0 Å². The largest absolute Gasteiger partial charge is 0.481 e. The Kier molecular flexibility index (Phi) is 34.4. The Balaban J connectivity index is -0.000000382. The van der Waals surface area contributed by atoms with Gasteiger partial charge in [-0.1, -0.05) is 56.2 Å². The predicted molar refractivity (Wildman–Crippen MR) is 223 cm³/mol. The molecule has 0 spiro atoms. The van der Waals surface area contributed by atoms with Gasteiger partial charge in [0.2, 0.25) is 5.91 Å². The number of carboxylic acid groups (broad SMARTS) is 8. The molecule has 1 saturated heterocycles. The van der Waals surface area contributed by atoms with E-state index in [1.54, 1.807) is 34.6 Å². The van der Waals surface area contributed by atoms with E-state index in [1.807, 2.05) is 0 Å². The maximum atomic E-state index is 11.1. The van der Waals surface area contributed by atoms with Crippen LogP contribution in [0, 0.1) is 20.2 Å². The second kappa shape index (κ2) is 34.3. The van der Waals surface area contributed by atoms with Gasteiger partial charge in [-0.05, 0) is 30.7 Å². The minimum absolute atomic E-state index is 0.147. The molecule has 0 aliphatic carbocycles. The average molecular weight is 942 g/mol. The van der Waals surface area contributed by atoms with Crippen LogP contribution in [0.3, 0.4) is 0 Å². The molecule has 62 heavy (non-hydrogen) atoms. The van der Waals surface area contributed by atoms with Gasteiger partial charge in [0.25, 0.3) is 11.4 Å². The summed E-state index contributed by atoms with van der Waals surface area (Å²) in [6.45, 7) is 8.00. The number of nitrogens with zero attached hydrogens (tertiary/aromatic N) is 2. The van der Waals surface area contributed by atoms with Gasteiger partial charge in [0.1, 0.15) is 16.7 Å². The molecule has 0 bridgehead atoms. The zero-order chi connectivity index (χ0) is 49.3. The Morgan fingerprint density at radius 3 is 1.03 bits per heavy atom. The number of nitrogens with one attached hydrogen (secondary N) is 1. The lowest BCUT2D eigenvalue weighted by atomic mass is 10.0. The molecule has 1 unspecified atom stereocenters. The number of carbonyl (C=O) groups excluding carboxylic acids is 1. The summed E-state index contributed by atoms with van der Waals surface area (Å²) in [5.41, 5.74) is -3.16. The summed E-state index contributed by atoms with van der Waals surface area (Å²) in [5.74, 6) is -7.69. The summed E-state index contributed by atoms with van der Waals surface area (Å²) in [7, 11) is 2.06. The van der Waals surface area contributed by atoms with Crippen molar-refractivity contribution in [3.63, 3.8) is 0 Å². The Morgan fingerprint density at radius 1 is 0.613 bits per heavy atom. The third-order valence-electron chi connectivity index (χ3n) is 6.37. The van der Waals surface area contributed by atoms with Crippen molar-refractivity contribution in [3.05, 3.63) is 67.8 Å². The molecule has 1 aliphatic rings. The number of thiol groups is 1. The van der Waals surface area contributed by atoms with Gasteiger partial charge in [-0.25, -0.2) is 14.4 Å². The van der Waals surface area contributed by atoms with Crippen molar-refractivity contribution in [3.8, 4) is 0 Å². The van der Waals surface area contributed by atoms with Gasteiger partial charge in [-0.15, -0.1) is 0 Å². The Hall–Kier alpha value is -6.48. The number of rotatable bonds is 14. The number of aliphatic carboxylic acids is 6. The smallest absolute Gasteiger partial charge is 0.342 e. The standard InChI is InChI=1S/C14H8N2O8S2.C6H9NO3S.5C3H6O2/c17-13(18)9-5-7(1-3-11(9)15(21)22)25-26-8-2-4-12(16(23)24)10(6-8)14(19)20;8-4-1-2-6(3-11,7-4)5(9)10;5*1-2-3(4)5/h1-6H,(H,17,18)(H,19,20);11H,1-3H2,(H,7,8)(H,9,10);5*2H2,1H3,(H,4,5).